The summed E-state index contributed by atoms with van der Waals surface area (Å²) in [7, 11) is 0. The Balaban J connectivity index is 1.11. The summed E-state index contributed by atoms with van der Waals surface area (Å²) < 4.78 is 0. The standard InChI is InChI=1S/C60H46N2/c1-59(2)50-25-15-13-21-42(50)44-30-27-39(34-52(44)59)56-46-23-11-12-24-47(46)57(40-28-31-45-43-22-14-16-26-51(43)60(3,4)53(45)35-40)49-33-41(29-32-48(49)56)58-61-54(37-17-7-5-8-18-37)36-55(62-58)38-19-9-6-10-20-38/h5-36,58,61H,1-4H3. The molecule has 12 rings (SSSR count). The first-order chi connectivity index (χ1) is 30.3. The number of rotatable bonds is 5. The molecule has 0 bridgehead atoms. The van der Waals surface area contributed by atoms with Crippen molar-refractivity contribution in [2.24, 2.45) is 4.99 Å². The number of nitrogens with zero attached hydrogens (tertiary/aromatic N) is 1. The number of hydrogen-bond acceptors (Lipinski definition) is 2. The lowest BCUT2D eigenvalue weighted by Crippen LogP contribution is -2.24. The van der Waals surface area contributed by atoms with Gasteiger partial charge in [0.25, 0.3) is 0 Å². The molecule has 9 aromatic carbocycles. The zero-order valence-electron chi connectivity index (χ0n) is 35.5. The van der Waals surface area contributed by atoms with Gasteiger partial charge in [-0.2, -0.15) is 0 Å². The predicted molar refractivity (Wildman–Crippen MR) is 261 cm³/mol. The fourth-order valence-corrected chi connectivity index (χ4v) is 11.0. The molecular formula is C60H46N2. The number of benzene rings is 9. The van der Waals surface area contributed by atoms with E-state index in [1.54, 1.807) is 0 Å². The Labute approximate surface area is 364 Å². The number of allylic oxidation sites excluding steroid dienone is 1. The highest BCUT2D eigenvalue weighted by atomic mass is 15.1. The van der Waals surface area contributed by atoms with E-state index in [1.165, 1.54) is 88.3 Å². The van der Waals surface area contributed by atoms with Crippen LogP contribution in [-0.4, -0.2) is 5.71 Å². The van der Waals surface area contributed by atoms with E-state index >= 15 is 0 Å². The molecule has 1 N–H and O–H groups in total. The second kappa shape index (κ2) is 13.6. The molecule has 1 aliphatic heterocycles. The Morgan fingerprint density at radius 3 is 1.44 bits per heavy atom. The molecule has 0 saturated carbocycles. The highest BCUT2D eigenvalue weighted by molar-refractivity contribution is 6.22. The number of aliphatic imine (C=N–C) groups is 1. The summed E-state index contributed by atoms with van der Waals surface area (Å²) in [5.41, 5.74) is 21.0. The van der Waals surface area contributed by atoms with Gasteiger partial charge in [0.1, 0.15) is 6.17 Å². The van der Waals surface area contributed by atoms with E-state index in [0.29, 0.717) is 0 Å². The van der Waals surface area contributed by atoms with Gasteiger partial charge in [-0.25, -0.2) is 0 Å². The van der Waals surface area contributed by atoms with Crippen LogP contribution < -0.4 is 5.32 Å². The predicted octanol–water partition coefficient (Wildman–Crippen LogP) is 15.1. The summed E-state index contributed by atoms with van der Waals surface area (Å²) in [6.45, 7) is 9.50. The van der Waals surface area contributed by atoms with Crippen molar-refractivity contribution in [3.05, 3.63) is 233 Å². The zero-order chi connectivity index (χ0) is 41.7. The zero-order valence-corrected chi connectivity index (χ0v) is 35.5. The van der Waals surface area contributed by atoms with Crippen LogP contribution in [-0.2, 0) is 10.8 Å². The molecular weight excluding hydrogens is 749 g/mol. The third kappa shape index (κ3) is 5.46. The van der Waals surface area contributed by atoms with Crippen LogP contribution in [0.1, 0.15) is 72.8 Å². The Morgan fingerprint density at radius 2 is 0.855 bits per heavy atom. The second-order valence-electron chi connectivity index (χ2n) is 18.3. The van der Waals surface area contributed by atoms with Crippen molar-refractivity contribution in [1.82, 2.24) is 5.32 Å². The first-order valence-corrected chi connectivity index (χ1v) is 21.9. The SMILES string of the molecule is CC1(C)c2ccccc2-c2ccc(-c3c4ccccc4c(-c4ccc5c(c4)C(C)(C)c4ccccc4-5)c4cc(C5N=C(c6ccccc6)C=C(c6ccccc6)N5)ccc34)cc21. The summed E-state index contributed by atoms with van der Waals surface area (Å²) in [5.74, 6) is 0. The Kier molecular flexibility index (Phi) is 8.02. The van der Waals surface area contributed by atoms with Crippen molar-refractivity contribution in [3.63, 3.8) is 0 Å². The van der Waals surface area contributed by atoms with Gasteiger partial charge in [0.05, 0.1) is 5.71 Å². The van der Waals surface area contributed by atoms with Gasteiger partial charge >= 0.3 is 0 Å². The van der Waals surface area contributed by atoms with Crippen molar-refractivity contribution in [1.29, 1.82) is 0 Å². The highest BCUT2D eigenvalue weighted by Gasteiger charge is 2.37. The molecule has 0 aromatic heterocycles. The van der Waals surface area contributed by atoms with Crippen LogP contribution in [0.5, 0.6) is 0 Å². The quantitative estimate of drug-likeness (QED) is 0.172. The molecule has 1 atom stereocenters. The van der Waals surface area contributed by atoms with Gasteiger partial charge in [0.2, 0.25) is 0 Å². The Bertz CT molecular complexity index is 3370. The number of hydrogen-bond donors (Lipinski definition) is 1. The van der Waals surface area contributed by atoms with Gasteiger partial charge in [-0.3, -0.25) is 4.99 Å². The summed E-state index contributed by atoms with van der Waals surface area (Å²) in [6.07, 6.45) is 1.89. The Morgan fingerprint density at radius 1 is 0.387 bits per heavy atom. The van der Waals surface area contributed by atoms with Gasteiger partial charge in [-0.15, -0.1) is 0 Å². The summed E-state index contributed by atoms with van der Waals surface area (Å²) in [6, 6.07) is 69.6. The summed E-state index contributed by atoms with van der Waals surface area (Å²) >= 11 is 0. The minimum absolute atomic E-state index is 0.111. The van der Waals surface area contributed by atoms with Crippen molar-refractivity contribution in [2.45, 2.75) is 44.7 Å². The topological polar surface area (TPSA) is 24.4 Å². The average molecular weight is 795 g/mol. The van der Waals surface area contributed by atoms with Crippen LogP contribution in [0, 0.1) is 0 Å². The van der Waals surface area contributed by atoms with Crippen LogP contribution in [0.4, 0.5) is 0 Å². The molecule has 0 spiro atoms. The van der Waals surface area contributed by atoms with E-state index in [9.17, 15) is 0 Å². The lowest BCUT2D eigenvalue weighted by Gasteiger charge is -2.26. The molecule has 0 saturated heterocycles. The second-order valence-corrected chi connectivity index (χ2v) is 18.3. The van der Waals surface area contributed by atoms with Crippen LogP contribution in [0.15, 0.2) is 199 Å². The van der Waals surface area contributed by atoms with Gasteiger partial charge in [-0.1, -0.05) is 198 Å². The smallest absolute Gasteiger partial charge is 0.145 e. The maximum atomic E-state index is 5.44. The molecule has 2 aliphatic carbocycles. The molecule has 0 radical (unpaired) electrons. The molecule has 296 valence electrons. The van der Waals surface area contributed by atoms with Crippen LogP contribution in [0.3, 0.4) is 0 Å². The molecule has 0 fully saturated rings. The van der Waals surface area contributed by atoms with E-state index in [4.69, 9.17) is 4.99 Å². The summed E-state index contributed by atoms with van der Waals surface area (Å²) in [5, 5.41) is 8.83. The maximum absolute atomic E-state index is 5.44. The molecule has 1 heterocycles. The van der Waals surface area contributed by atoms with E-state index in [-0.39, 0.29) is 17.0 Å². The van der Waals surface area contributed by atoms with Crippen LogP contribution in [0.25, 0.3) is 71.7 Å². The Hall–Kier alpha value is -7.29. The van der Waals surface area contributed by atoms with Crippen LogP contribution in [0.2, 0.25) is 0 Å². The maximum Gasteiger partial charge on any atom is 0.145 e. The molecule has 1 unspecified atom stereocenters. The van der Waals surface area contributed by atoms with E-state index in [1.807, 2.05) is 0 Å². The molecule has 0 amide bonds. The lowest BCUT2D eigenvalue weighted by atomic mass is 9.79. The first-order valence-electron chi connectivity index (χ1n) is 21.9. The monoisotopic (exact) mass is 794 g/mol. The van der Waals surface area contributed by atoms with E-state index < -0.39 is 0 Å². The summed E-state index contributed by atoms with van der Waals surface area (Å²) in [4.78, 5) is 5.44. The van der Waals surface area contributed by atoms with E-state index in [0.717, 1.165) is 28.1 Å². The molecule has 3 aliphatic rings. The van der Waals surface area contributed by atoms with Gasteiger partial charge in [-0.05, 0) is 129 Å². The van der Waals surface area contributed by atoms with Gasteiger partial charge in [0, 0.05) is 16.5 Å². The van der Waals surface area contributed by atoms with E-state index in [2.05, 4.69) is 227 Å². The average Bonchev–Trinajstić information content (AvgIpc) is 3.69. The normalized spacial score (nSPS) is 16.5. The fourth-order valence-electron chi connectivity index (χ4n) is 11.0. The molecule has 9 aromatic rings. The third-order valence-electron chi connectivity index (χ3n) is 14.1. The van der Waals surface area contributed by atoms with Crippen molar-refractivity contribution >= 4 is 33.0 Å². The van der Waals surface area contributed by atoms with Crippen molar-refractivity contribution in [3.8, 4) is 44.5 Å². The first kappa shape index (κ1) is 36.6. The van der Waals surface area contributed by atoms with Gasteiger partial charge < -0.3 is 5.32 Å². The molecule has 62 heavy (non-hydrogen) atoms. The molecule has 2 heteroatoms. The molecule has 2 nitrogen and oxygen atoms in total. The highest BCUT2D eigenvalue weighted by Crippen LogP contribution is 2.53. The lowest BCUT2D eigenvalue weighted by molar-refractivity contribution is 0.660. The third-order valence-corrected chi connectivity index (χ3v) is 14.1. The minimum atomic E-state index is -0.301. The fraction of sp³-hybridized carbons (Fsp3) is 0.117. The van der Waals surface area contributed by atoms with Crippen molar-refractivity contribution in [2.75, 3.05) is 0 Å². The minimum Gasteiger partial charge on any atom is -0.360 e. The van der Waals surface area contributed by atoms with Gasteiger partial charge in [0.15, 0.2) is 0 Å². The van der Waals surface area contributed by atoms with Crippen LogP contribution >= 0.6 is 0 Å². The number of fused-ring (bicyclic) bond motifs is 8. The van der Waals surface area contributed by atoms with Crippen molar-refractivity contribution < 1.29 is 0 Å². The largest absolute Gasteiger partial charge is 0.360 e. The number of nitrogens with one attached hydrogen (secondary N) is 1.